The molecule has 1 aromatic carbocycles. The van der Waals surface area contributed by atoms with Gasteiger partial charge in [-0.3, -0.25) is 0 Å². The van der Waals surface area contributed by atoms with E-state index in [9.17, 15) is 4.39 Å². The van der Waals surface area contributed by atoms with E-state index in [-0.39, 0.29) is 18.0 Å². The number of nitrogens with zero attached hydrogens (tertiary/aromatic N) is 1. The van der Waals surface area contributed by atoms with Gasteiger partial charge < -0.3 is 10.1 Å². The zero-order chi connectivity index (χ0) is 11.4. The van der Waals surface area contributed by atoms with Crippen molar-refractivity contribution in [1.82, 2.24) is 0 Å². The normalized spacial score (nSPS) is 21.4. The van der Waals surface area contributed by atoms with Crippen molar-refractivity contribution in [3.8, 4) is 6.07 Å². The fourth-order valence-corrected chi connectivity index (χ4v) is 1.80. The lowest BCUT2D eigenvalue weighted by molar-refractivity contribution is 0.107. The monoisotopic (exact) mass is 220 g/mol. The third-order valence-electron chi connectivity index (χ3n) is 2.64. The lowest BCUT2D eigenvalue weighted by atomic mass is 10.1. The van der Waals surface area contributed by atoms with Gasteiger partial charge in [-0.15, -0.1) is 0 Å². The first-order valence-corrected chi connectivity index (χ1v) is 5.33. The highest BCUT2D eigenvalue weighted by molar-refractivity contribution is 5.45. The minimum Gasteiger partial charge on any atom is -0.375 e. The van der Waals surface area contributed by atoms with Crippen LogP contribution in [0.1, 0.15) is 12.8 Å². The van der Waals surface area contributed by atoms with Gasteiger partial charge in [0.25, 0.3) is 0 Å². The highest BCUT2D eigenvalue weighted by atomic mass is 19.1. The van der Waals surface area contributed by atoms with Crippen LogP contribution in [0.5, 0.6) is 0 Å². The predicted molar refractivity (Wildman–Crippen MR) is 58.4 cm³/mol. The average Bonchev–Trinajstić information content (AvgIpc) is 2.82. The minimum atomic E-state index is -0.368. The van der Waals surface area contributed by atoms with Crippen LogP contribution in [-0.4, -0.2) is 18.8 Å². The molecular weight excluding hydrogens is 207 g/mol. The summed E-state index contributed by atoms with van der Waals surface area (Å²) in [5.41, 5.74) is 0.739. The van der Waals surface area contributed by atoms with E-state index in [2.05, 4.69) is 11.4 Å². The number of halogens is 1. The van der Waals surface area contributed by atoms with E-state index in [0.29, 0.717) is 6.61 Å². The molecule has 4 heteroatoms. The molecule has 1 aliphatic rings. The molecule has 16 heavy (non-hydrogen) atoms. The maximum Gasteiger partial charge on any atom is 0.141 e. The van der Waals surface area contributed by atoms with Crippen LogP contribution in [0.2, 0.25) is 0 Å². The molecule has 0 radical (unpaired) electrons. The Labute approximate surface area is 93.8 Å². The number of rotatable bonds is 3. The van der Waals surface area contributed by atoms with Crippen LogP contribution in [0.25, 0.3) is 0 Å². The van der Waals surface area contributed by atoms with Crippen molar-refractivity contribution in [2.45, 2.75) is 25.0 Å². The third-order valence-corrected chi connectivity index (χ3v) is 2.64. The van der Waals surface area contributed by atoms with Crippen LogP contribution < -0.4 is 5.32 Å². The molecule has 0 saturated carbocycles. The third kappa shape index (κ3) is 2.50. The molecule has 0 aliphatic carbocycles. The first-order chi connectivity index (χ1) is 7.79. The number of ether oxygens (including phenoxy) is 1. The predicted octanol–water partition coefficient (Wildman–Crippen LogP) is 2.31. The van der Waals surface area contributed by atoms with Gasteiger partial charge in [-0.2, -0.15) is 5.26 Å². The van der Waals surface area contributed by atoms with Crippen LogP contribution in [0, 0.1) is 17.1 Å². The Kier molecular flexibility index (Phi) is 3.37. The van der Waals surface area contributed by atoms with Gasteiger partial charge in [-0.1, -0.05) is 0 Å². The zero-order valence-electron chi connectivity index (χ0n) is 8.82. The fraction of sp³-hybridized carbons (Fsp3) is 0.417. The van der Waals surface area contributed by atoms with Gasteiger partial charge in [0, 0.05) is 12.3 Å². The summed E-state index contributed by atoms with van der Waals surface area (Å²) in [6, 6.07) is 7.78. The summed E-state index contributed by atoms with van der Waals surface area (Å²) in [6.07, 6.45) is 1.83. The second-order valence-electron chi connectivity index (χ2n) is 3.81. The summed E-state index contributed by atoms with van der Waals surface area (Å²) < 4.78 is 18.1. The second kappa shape index (κ2) is 4.95. The van der Waals surface area contributed by atoms with Gasteiger partial charge in [0.1, 0.15) is 11.9 Å². The molecule has 1 aliphatic heterocycles. The lowest BCUT2D eigenvalue weighted by Crippen LogP contribution is -2.31. The smallest absolute Gasteiger partial charge is 0.141 e. The maximum absolute atomic E-state index is 12.7. The standard InChI is InChI=1S/C12H13FN2O/c13-9-3-5-10(6-4-9)15-11(8-14)12-2-1-7-16-12/h3-6,11-12,15H,1-2,7H2. The van der Waals surface area contributed by atoms with Crippen molar-refractivity contribution < 1.29 is 9.13 Å². The van der Waals surface area contributed by atoms with Gasteiger partial charge in [-0.25, -0.2) is 4.39 Å². The molecule has 0 aromatic heterocycles. The summed E-state index contributed by atoms with van der Waals surface area (Å²) in [7, 11) is 0. The Morgan fingerprint density at radius 2 is 2.19 bits per heavy atom. The van der Waals surface area contributed by atoms with Crippen molar-refractivity contribution in [2.75, 3.05) is 11.9 Å². The molecule has 0 bridgehead atoms. The van der Waals surface area contributed by atoms with E-state index in [0.717, 1.165) is 18.5 Å². The lowest BCUT2D eigenvalue weighted by Gasteiger charge is -2.18. The number of anilines is 1. The summed E-state index contributed by atoms with van der Waals surface area (Å²) >= 11 is 0. The van der Waals surface area contributed by atoms with E-state index in [1.54, 1.807) is 12.1 Å². The molecule has 84 valence electrons. The summed E-state index contributed by atoms with van der Waals surface area (Å²) in [5.74, 6) is -0.281. The second-order valence-corrected chi connectivity index (χ2v) is 3.81. The van der Waals surface area contributed by atoms with Crippen LogP contribution in [0.15, 0.2) is 24.3 Å². The first kappa shape index (κ1) is 10.9. The number of nitriles is 1. The van der Waals surface area contributed by atoms with Gasteiger partial charge in [0.15, 0.2) is 0 Å². The average molecular weight is 220 g/mol. The number of hydrogen-bond acceptors (Lipinski definition) is 3. The van der Waals surface area contributed by atoms with Crippen LogP contribution in [0.4, 0.5) is 10.1 Å². The molecule has 1 N–H and O–H groups in total. The molecule has 0 amide bonds. The molecule has 2 unspecified atom stereocenters. The molecule has 3 nitrogen and oxygen atoms in total. The summed E-state index contributed by atoms with van der Waals surface area (Å²) in [6.45, 7) is 0.716. The van der Waals surface area contributed by atoms with Gasteiger partial charge in [0.05, 0.1) is 12.2 Å². The van der Waals surface area contributed by atoms with Gasteiger partial charge in [-0.05, 0) is 37.1 Å². The van der Waals surface area contributed by atoms with Gasteiger partial charge in [0.2, 0.25) is 0 Å². The number of nitrogens with one attached hydrogen (secondary N) is 1. The van der Waals surface area contributed by atoms with Crippen molar-refractivity contribution in [3.05, 3.63) is 30.1 Å². The minimum absolute atomic E-state index is 0.0601. The van der Waals surface area contributed by atoms with E-state index in [1.165, 1.54) is 12.1 Å². The topological polar surface area (TPSA) is 45.0 Å². The Morgan fingerprint density at radius 1 is 1.44 bits per heavy atom. The highest BCUT2D eigenvalue weighted by Gasteiger charge is 2.25. The summed E-state index contributed by atoms with van der Waals surface area (Å²) in [5, 5.41) is 12.1. The molecule has 0 spiro atoms. The van der Waals surface area contributed by atoms with Gasteiger partial charge >= 0.3 is 0 Å². The van der Waals surface area contributed by atoms with E-state index in [1.807, 2.05) is 0 Å². The van der Waals surface area contributed by atoms with Crippen LogP contribution >= 0.6 is 0 Å². The van der Waals surface area contributed by atoms with Crippen LogP contribution in [-0.2, 0) is 4.74 Å². The maximum atomic E-state index is 12.7. The Balaban J connectivity index is 2.01. The van der Waals surface area contributed by atoms with Crippen LogP contribution in [0.3, 0.4) is 0 Å². The van der Waals surface area contributed by atoms with E-state index < -0.39 is 0 Å². The molecule has 2 rings (SSSR count). The Hall–Kier alpha value is -1.60. The molecule has 1 fully saturated rings. The van der Waals surface area contributed by atoms with E-state index >= 15 is 0 Å². The first-order valence-electron chi connectivity index (χ1n) is 5.33. The Bertz CT molecular complexity index is 379. The van der Waals surface area contributed by atoms with Crippen molar-refractivity contribution in [2.24, 2.45) is 0 Å². The largest absolute Gasteiger partial charge is 0.375 e. The SMILES string of the molecule is N#CC(Nc1ccc(F)cc1)C1CCCO1. The molecular formula is C12H13FN2O. The van der Waals surface area contributed by atoms with E-state index in [4.69, 9.17) is 10.00 Å². The molecule has 2 atom stereocenters. The Morgan fingerprint density at radius 3 is 2.75 bits per heavy atom. The quantitative estimate of drug-likeness (QED) is 0.850. The summed E-state index contributed by atoms with van der Waals surface area (Å²) in [4.78, 5) is 0. The van der Waals surface area contributed by atoms with Crippen molar-refractivity contribution in [1.29, 1.82) is 5.26 Å². The highest BCUT2D eigenvalue weighted by Crippen LogP contribution is 2.19. The molecule has 1 heterocycles. The molecule has 1 saturated heterocycles. The zero-order valence-corrected chi connectivity index (χ0v) is 8.82. The van der Waals surface area contributed by atoms with Crippen molar-refractivity contribution in [3.63, 3.8) is 0 Å². The van der Waals surface area contributed by atoms with Crippen molar-refractivity contribution >= 4 is 5.69 Å². The number of hydrogen-bond donors (Lipinski definition) is 1. The fourth-order valence-electron chi connectivity index (χ4n) is 1.80. The molecule has 1 aromatic rings. The number of benzene rings is 1.